The van der Waals surface area contributed by atoms with Gasteiger partial charge in [-0.25, -0.2) is 4.98 Å². The molecule has 3 atom stereocenters. The van der Waals surface area contributed by atoms with Gasteiger partial charge in [0.25, 0.3) is 0 Å². The summed E-state index contributed by atoms with van der Waals surface area (Å²) in [5.41, 5.74) is 0.384. The molecule has 3 aliphatic rings. The Balaban J connectivity index is 1.14. The smallest absolute Gasteiger partial charge is 0.312 e. The number of benzene rings is 1. The summed E-state index contributed by atoms with van der Waals surface area (Å²) in [7, 11) is 0. The number of amides is 1. The number of anilines is 1. The van der Waals surface area contributed by atoms with Crippen LogP contribution >= 0.6 is 0 Å². The third kappa shape index (κ3) is 6.83. The molecular formula is C37H44FN5O7. The number of nitrogens with one attached hydrogen (secondary N) is 1. The molecule has 12 nitrogen and oxygen atoms in total. The monoisotopic (exact) mass is 689 g/mol. The van der Waals surface area contributed by atoms with Gasteiger partial charge in [0, 0.05) is 30.2 Å². The van der Waals surface area contributed by atoms with E-state index in [1.54, 1.807) is 6.07 Å². The number of rotatable bonds is 9. The molecule has 50 heavy (non-hydrogen) atoms. The van der Waals surface area contributed by atoms with Crippen molar-refractivity contribution in [3.05, 3.63) is 41.2 Å². The molecule has 3 heterocycles. The molecule has 2 saturated carbocycles. The minimum Gasteiger partial charge on any atom is -0.461 e. The third-order valence-electron chi connectivity index (χ3n) is 10.6. The van der Waals surface area contributed by atoms with E-state index in [9.17, 15) is 23.9 Å². The van der Waals surface area contributed by atoms with Crippen molar-refractivity contribution in [3.8, 4) is 18.1 Å². The fraction of sp³-hybridized carbons (Fsp3) is 0.568. The van der Waals surface area contributed by atoms with Gasteiger partial charge in [-0.2, -0.15) is 14.4 Å². The number of terminal acetylenes is 1. The number of fused-ring (bicyclic) bond motifs is 1. The Morgan fingerprint density at radius 2 is 1.90 bits per heavy atom. The zero-order valence-corrected chi connectivity index (χ0v) is 29.2. The zero-order valence-electron chi connectivity index (χ0n) is 29.2. The molecular weight excluding hydrogens is 645 g/mol. The summed E-state index contributed by atoms with van der Waals surface area (Å²) in [6.45, 7) is 8.31. The molecule has 1 spiro atoms. The molecule has 3 fully saturated rings. The number of aliphatic hydroxyl groups is 1. The van der Waals surface area contributed by atoms with Gasteiger partial charge in [-0.05, 0) is 62.1 Å². The number of carbonyl (C=O) groups is 3. The molecule has 1 aliphatic heterocycles. The highest BCUT2D eigenvalue weighted by Crippen LogP contribution is 2.55. The molecule has 2 aliphatic carbocycles. The Morgan fingerprint density at radius 1 is 1.18 bits per heavy atom. The molecule has 13 heteroatoms. The lowest BCUT2D eigenvalue weighted by Gasteiger charge is -2.49. The lowest BCUT2D eigenvalue weighted by molar-refractivity contribution is -0.157. The van der Waals surface area contributed by atoms with E-state index in [4.69, 9.17) is 20.6 Å². The topological polar surface area (TPSA) is 155 Å². The Morgan fingerprint density at radius 3 is 2.58 bits per heavy atom. The van der Waals surface area contributed by atoms with Crippen LogP contribution in [0, 0.1) is 43.6 Å². The van der Waals surface area contributed by atoms with Gasteiger partial charge in [0.2, 0.25) is 5.91 Å². The first kappa shape index (κ1) is 35.4. The Bertz CT molecular complexity index is 1870. The predicted octanol–water partition coefficient (Wildman–Crippen LogP) is 5.37. The maximum absolute atomic E-state index is 14.7. The predicted molar refractivity (Wildman–Crippen MR) is 180 cm³/mol. The van der Waals surface area contributed by atoms with E-state index in [0.29, 0.717) is 11.3 Å². The van der Waals surface area contributed by atoms with Crippen molar-refractivity contribution in [2.24, 2.45) is 11.3 Å². The van der Waals surface area contributed by atoms with E-state index < -0.39 is 48.0 Å². The summed E-state index contributed by atoms with van der Waals surface area (Å²) in [6.07, 6.45) is 11.4. The average Bonchev–Trinajstić information content (AvgIpc) is 3.59. The molecule has 6 rings (SSSR count). The normalized spacial score (nSPS) is 23.3. The second kappa shape index (κ2) is 13.4. The van der Waals surface area contributed by atoms with Crippen LogP contribution < -0.4 is 10.1 Å². The minimum atomic E-state index is -1.72. The molecule has 2 aromatic heterocycles. The van der Waals surface area contributed by atoms with E-state index in [0.717, 1.165) is 36.8 Å². The number of halogens is 1. The summed E-state index contributed by atoms with van der Waals surface area (Å²) in [5.74, 6) is 1.31. The van der Waals surface area contributed by atoms with Crippen LogP contribution in [-0.4, -0.2) is 60.8 Å². The van der Waals surface area contributed by atoms with Gasteiger partial charge in [-0.15, -0.1) is 6.42 Å². The lowest BCUT2D eigenvalue weighted by Crippen LogP contribution is -2.44. The number of aliphatic hydroxyl groups excluding tert-OH is 1. The molecule has 1 amide bonds. The van der Waals surface area contributed by atoms with Crippen LogP contribution in [0.1, 0.15) is 101 Å². The van der Waals surface area contributed by atoms with Crippen molar-refractivity contribution < 1.29 is 38.1 Å². The van der Waals surface area contributed by atoms with Gasteiger partial charge in [-0.3, -0.25) is 19.0 Å². The number of carbonyl (C=O) groups excluding carboxylic acids is 3. The van der Waals surface area contributed by atoms with Crippen molar-refractivity contribution >= 4 is 34.8 Å². The summed E-state index contributed by atoms with van der Waals surface area (Å²) in [5, 5.41) is 13.9. The van der Waals surface area contributed by atoms with Crippen molar-refractivity contribution in [2.45, 2.75) is 116 Å². The molecule has 2 N–H and O–H groups in total. The number of imidazole rings is 1. The SMILES string of the molecule is C#C[C@]1(COC(=O)CC(C)(C)c2c(C)cc(C)cc2OC(C)=O)O[C@@H](n2cnc3c(NC(=O)C4CC5(CCCCC5)C4)nc(F)nc32)C[C@@H]1O. The van der Waals surface area contributed by atoms with Gasteiger partial charge in [0.1, 0.15) is 24.7 Å². The molecule has 1 saturated heterocycles. The first-order valence-corrected chi connectivity index (χ1v) is 17.1. The summed E-state index contributed by atoms with van der Waals surface area (Å²) >= 11 is 0. The van der Waals surface area contributed by atoms with Gasteiger partial charge < -0.3 is 24.6 Å². The Hall–Kier alpha value is -4.41. The van der Waals surface area contributed by atoms with Crippen LogP contribution in [0.3, 0.4) is 0 Å². The van der Waals surface area contributed by atoms with E-state index in [2.05, 4.69) is 26.2 Å². The van der Waals surface area contributed by atoms with Crippen molar-refractivity contribution in [1.29, 1.82) is 0 Å². The summed E-state index contributed by atoms with van der Waals surface area (Å²) in [6, 6.07) is 3.69. The van der Waals surface area contributed by atoms with Gasteiger partial charge in [-0.1, -0.05) is 45.1 Å². The van der Waals surface area contributed by atoms with Gasteiger partial charge >= 0.3 is 18.0 Å². The van der Waals surface area contributed by atoms with Crippen LogP contribution in [0.5, 0.6) is 5.75 Å². The fourth-order valence-corrected chi connectivity index (χ4v) is 8.23. The maximum Gasteiger partial charge on any atom is 0.312 e. The molecule has 0 bridgehead atoms. The Labute approximate surface area is 290 Å². The van der Waals surface area contributed by atoms with Crippen LogP contribution in [-0.2, 0) is 29.3 Å². The van der Waals surface area contributed by atoms with Gasteiger partial charge in [0.05, 0.1) is 12.7 Å². The summed E-state index contributed by atoms with van der Waals surface area (Å²) in [4.78, 5) is 50.3. The van der Waals surface area contributed by atoms with E-state index in [1.165, 1.54) is 37.1 Å². The van der Waals surface area contributed by atoms with Crippen molar-refractivity contribution in [1.82, 2.24) is 19.5 Å². The number of ether oxygens (including phenoxy) is 3. The number of nitrogens with zero attached hydrogens (tertiary/aromatic N) is 4. The standard InChI is InChI=1S/C37H44FN5O7/c1-7-37(19-48-28(46)18-35(5,6)29-22(3)13-21(2)14-25(29)49-23(4)44)26(45)15-27(50-37)43-20-39-30-31(41-34(38)42-32(30)43)40-33(47)24-16-36(17-24)11-9-8-10-12-36/h1,13-14,20,24,26-27,45H,8-12,15-19H2,2-6H3,(H,40,41,42,47)/t26-,27+,37+/m0/s1. The average molecular weight is 690 g/mol. The first-order chi connectivity index (χ1) is 23.6. The number of aromatic nitrogens is 4. The number of hydrogen-bond donors (Lipinski definition) is 2. The molecule has 1 aromatic carbocycles. The minimum absolute atomic E-state index is 0.0372. The molecule has 0 unspecified atom stereocenters. The van der Waals surface area contributed by atoms with Crippen LogP contribution in [0.15, 0.2) is 18.5 Å². The quantitative estimate of drug-likeness (QED) is 0.130. The van der Waals surface area contributed by atoms with Crippen molar-refractivity contribution in [2.75, 3.05) is 11.9 Å². The second-order valence-electron chi connectivity index (χ2n) is 14.9. The highest BCUT2D eigenvalue weighted by atomic mass is 19.1. The number of esters is 2. The zero-order chi connectivity index (χ0) is 36.0. The highest BCUT2D eigenvalue weighted by Gasteiger charge is 2.50. The van der Waals surface area contributed by atoms with E-state index in [-0.39, 0.29) is 47.1 Å². The fourth-order valence-electron chi connectivity index (χ4n) is 8.23. The highest BCUT2D eigenvalue weighted by molar-refractivity contribution is 5.98. The van der Waals surface area contributed by atoms with E-state index >= 15 is 0 Å². The third-order valence-corrected chi connectivity index (χ3v) is 10.6. The molecule has 0 radical (unpaired) electrons. The largest absolute Gasteiger partial charge is 0.461 e. The number of aryl methyl sites for hydroxylation is 2. The Kier molecular flexibility index (Phi) is 9.47. The second-order valence-corrected chi connectivity index (χ2v) is 14.9. The van der Waals surface area contributed by atoms with Crippen LogP contribution in [0.25, 0.3) is 11.2 Å². The van der Waals surface area contributed by atoms with Crippen molar-refractivity contribution in [3.63, 3.8) is 0 Å². The first-order valence-electron chi connectivity index (χ1n) is 17.1. The molecule has 3 aromatic rings. The molecule has 266 valence electrons. The van der Waals surface area contributed by atoms with E-state index in [1.807, 2.05) is 33.8 Å². The number of hydrogen-bond acceptors (Lipinski definition) is 10. The van der Waals surface area contributed by atoms with Crippen LogP contribution in [0.2, 0.25) is 0 Å². The summed E-state index contributed by atoms with van der Waals surface area (Å²) < 4.78 is 33.4. The van der Waals surface area contributed by atoms with Gasteiger partial charge in [0.15, 0.2) is 22.6 Å². The van der Waals surface area contributed by atoms with Crippen LogP contribution in [0.4, 0.5) is 10.2 Å². The maximum atomic E-state index is 14.7. The lowest BCUT2D eigenvalue weighted by atomic mass is 9.55.